The molecule has 25 heavy (non-hydrogen) atoms. The molecule has 1 aromatic heterocycles. The molecular formula is C17H21ClFN3O2S. The number of halogens is 2. The molecule has 1 aliphatic heterocycles. The van der Waals surface area contributed by atoms with Gasteiger partial charge >= 0.3 is 0 Å². The van der Waals surface area contributed by atoms with Crippen LogP contribution in [0, 0.1) is 12.7 Å². The molecule has 3 rings (SSSR count). The molecule has 0 saturated carbocycles. The number of nitrogens with zero attached hydrogens (tertiary/aromatic N) is 1. The van der Waals surface area contributed by atoms with E-state index in [-0.39, 0.29) is 30.2 Å². The smallest absolute Gasteiger partial charge is 0.245 e. The van der Waals surface area contributed by atoms with Crippen molar-refractivity contribution in [3.63, 3.8) is 0 Å². The number of anilines is 1. The second kappa shape index (κ2) is 8.71. The molecule has 2 N–H and O–H groups in total. The number of carbonyl (C=O) groups is 1. The van der Waals surface area contributed by atoms with Crippen molar-refractivity contribution >= 4 is 34.8 Å². The Hall–Kier alpha value is -1.54. The molecule has 1 aliphatic rings. The fraction of sp³-hybridized carbons (Fsp3) is 0.412. The maximum atomic E-state index is 13.8. The number of carbonyl (C=O) groups excluding carboxylic acids is 1. The van der Waals surface area contributed by atoms with Gasteiger partial charge in [0.2, 0.25) is 5.91 Å². The van der Waals surface area contributed by atoms with E-state index in [1.54, 1.807) is 12.1 Å². The standard InChI is InChI=1S/C17H20FN3O2S.ClH/c1-10-14(9-12-5-3-4-6-13(12)18)24-17(20-10)21-16(22)15-11(2)23-8-7-19-15;/h3-6,11,15,19H,7-9H2,1-2H3,(H,20,21,22);1H/t11-,15+;/m1./s1. The fourth-order valence-corrected chi connectivity index (χ4v) is 3.66. The van der Waals surface area contributed by atoms with Crippen LogP contribution in [0.25, 0.3) is 0 Å². The van der Waals surface area contributed by atoms with Gasteiger partial charge in [0.15, 0.2) is 5.13 Å². The quantitative estimate of drug-likeness (QED) is 0.849. The third-order valence-electron chi connectivity index (χ3n) is 4.03. The lowest BCUT2D eigenvalue weighted by Crippen LogP contribution is -2.53. The van der Waals surface area contributed by atoms with Gasteiger partial charge in [-0.15, -0.1) is 23.7 Å². The van der Waals surface area contributed by atoms with Crippen LogP contribution in [0.4, 0.5) is 9.52 Å². The number of aryl methyl sites for hydroxylation is 1. The van der Waals surface area contributed by atoms with Gasteiger partial charge in [0.1, 0.15) is 11.9 Å². The third-order valence-corrected chi connectivity index (χ3v) is 5.10. The number of nitrogens with one attached hydrogen (secondary N) is 2. The second-order valence-corrected chi connectivity index (χ2v) is 6.88. The Morgan fingerprint density at radius 2 is 2.24 bits per heavy atom. The Balaban J connectivity index is 0.00000225. The van der Waals surface area contributed by atoms with Crippen LogP contribution >= 0.6 is 23.7 Å². The summed E-state index contributed by atoms with van der Waals surface area (Å²) in [6.45, 7) is 4.99. The summed E-state index contributed by atoms with van der Waals surface area (Å²) in [6, 6.07) is 6.30. The average molecular weight is 386 g/mol. The van der Waals surface area contributed by atoms with Crippen molar-refractivity contribution in [1.29, 1.82) is 0 Å². The van der Waals surface area contributed by atoms with Crippen LogP contribution in [-0.4, -0.2) is 36.2 Å². The minimum Gasteiger partial charge on any atom is -0.375 e. The van der Waals surface area contributed by atoms with Gasteiger partial charge in [0.25, 0.3) is 0 Å². The van der Waals surface area contributed by atoms with Gasteiger partial charge in [0, 0.05) is 17.8 Å². The Morgan fingerprint density at radius 3 is 2.96 bits per heavy atom. The summed E-state index contributed by atoms with van der Waals surface area (Å²) in [5.41, 5.74) is 1.43. The Morgan fingerprint density at radius 1 is 1.48 bits per heavy atom. The van der Waals surface area contributed by atoms with Crippen molar-refractivity contribution in [2.45, 2.75) is 32.4 Å². The SMILES string of the molecule is Cc1nc(NC(=O)[C@H]2NCCO[C@@H]2C)sc1Cc1ccccc1F.Cl. The summed E-state index contributed by atoms with van der Waals surface area (Å²) in [5.74, 6) is -0.387. The zero-order chi connectivity index (χ0) is 17.1. The molecule has 2 atom stereocenters. The Labute approximate surface area is 156 Å². The van der Waals surface area contributed by atoms with Crippen LogP contribution in [-0.2, 0) is 16.0 Å². The zero-order valence-corrected chi connectivity index (χ0v) is 15.7. The number of ether oxygens (including phenoxy) is 1. The van der Waals surface area contributed by atoms with Gasteiger partial charge in [0.05, 0.1) is 18.4 Å². The second-order valence-electron chi connectivity index (χ2n) is 5.79. The fourth-order valence-electron chi connectivity index (χ4n) is 2.67. The highest BCUT2D eigenvalue weighted by Gasteiger charge is 2.29. The first-order valence-corrected chi connectivity index (χ1v) is 8.72. The Bertz CT molecular complexity index is 740. The third kappa shape index (κ3) is 4.76. The van der Waals surface area contributed by atoms with E-state index in [2.05, 4.69) is 15.6 Å². The number of amides is 1. The molecule has 5 nitrogen and oxygen atoms in total. The molecule has 8 heteroatoms. The van der Waals surface area contributed by atoms with E-state index < -0.39 is 6.04 Å². The van der Waals surface area contributed by atoms with Gasteiger partial charge in [-0.3, -0.25) is 4.79 Å². The van der Waals surface area contributed by atoms with E-state index in [1.807, 2.05) is 19.9 Å². The van der Waals surface area contributed by atoms with Crippen LogP contribution in [0.15, 0.2) is 24.3 Å². The molecule has 136 valence electrons. The number of hydrogen-bond acceptors (Lipinski definition) is 5. The van der Waals surface area contributed by atoms with E-state index in [9.17, 15) is 9.18 Å². The summed E-state index contributed by atoms with van der Waals surface area (Å²) in [5, 5.41) is 6.51. The lowest BCUT2D eigenvalue weighted by atomic mass is 10.1. The van der Waals surface area contributed by atoms with Gasteiger partial charge in [-0.05, 0) is 25.5 Å². The van der Waals surface area contributed by atoms with E-state index >= 15 is 0 Å². The van der Waals surface area contributed by atoms with E-state index in [0.717, 1.165) is 10.6 Å². The summed E-state index contributed by atoms with van der Waals surface area (Å²) >= 11 is 1.38. The molecule has 0 spiro atoms. The highest BCUT2D eigenvalue weighted by Crippen LogP contribution is 2.26. The van der Waals surface area contributed by atoms with Crippen molar-refractivity contribution in [3.8, 4) is 0 Å². The number of thiazole rings is 1. The molecule has 2 heterocycles. The summed E-state index contributed by atoms with van der Waals surface area (Å²) < 4.78 is 19.3. The Kier molecular flexibility index (Phi) is 6.89. The zero-order valence-electron chi connectivity index (χ0n) is 14.0. The van der Waals surface area contributed by atoms with Crippen LogP contribution in [0.5, 0.6) is 0 Å². The molecule has 0 radical (unpaired) electrons. The lowest BCUT2D eigenvalue weighted by molar-refractivity contribution is -0.123. The van der Waals surface area contributed by atoms with Crippen LogP contribution in [0.1, 0.15) is 23.1 Å². The van der Waals surface area contributed by atoms with Gasteiger partial charge in [-0.2, -0.15) is 0 Å². The first-order chi connectivity index (χ1) is 11.5. The first kappa shape index (κ1) is 19.8. The van der Waals surface area contributed by atoms with Crippen LogP contribution in [0.3, 0.4) is 0 Å². The van der Waals surface area contributed by atoms with Crippen molar-refractivity contribution < 1.29 is 13.9 Å². The van der Waals surface area contributed by atoms with Gasteiger partial charge < -0.3 is 15.4 Å². The maximum absolute atomic E-state index is 13.8. The number of aromatic nitrogens is 1. The highest BCUT2D eigenvalue weighted by molar-refractivity contribution is 7.15. The van der Waals surface area contributed by atoms with Crippen molar-refractivity contribution in [1.82, 2.24) is 10.3 Å². The molecule has 1 aromatic carbocycles. The topological polar surface area (TPSA) is 63.2 Å². The lowest BCUT2D eigenvalue weighted by Gasteiger charge is -2.28. The molecule has 0 bridgehead atoms. The van der Waals surface area contributed by atoms with Crippen LogP contribution in [0.2, 0.25) is 0 Å². The molecule has 1 saturated heterocycles. The summed E-state index contributed by atoms with van der Waals surface area (Å²) in [4.78, 5) is 17.7. The highest BCUT2D eigenvalue weighted by atomic mass is 35.5. The predicted molar refractivity (Wildman–Crippen MR) is 99.1 cm³/mol. The minimum absolute atomic E-state index is 0. The number of morpholine rings is 1. The molecule has 1 amide bonds. The summed E-state index contributed by atoms with van der Waals surface area (Å²) in [7, 11) is 0. The monoisotopic (exact) mass is 385 g/mol. The van der Waals surface area contributed by atoms with E-state index in [4.69, 9.17) is 4.74 Å². The van der Waals surface area contributed by atoms with Crippen molar-refractivity contribution in [3.05, 3.63) is 46.2 Å². The number of rotatable bonds is 4. The van der Waals surface area contributed by atoms with Crippen LogP contribution < -0.4 is 10.6 Å². The largest absolute Gasteiger partial charge is 0.375 e. The number of benzene rings is 1. The molecule has 0 aliphatic carbocycles. The van der Waals surface area contributed by atoms with E-state index in [0.29, 0.717) is 30.3 Å². The molecule has 0 unspecified atom stereocenters. The minimum atomic E-state index is -0.391. The average Bonchev–Trinajstić information content (AvgIpc) is 2.89. The number of hydrogen-bond donors (Lipinski definition) is 2. The van der Waals surface area contributed by atoms with E-state index in [1.165, 1.54) is 17.4 Å². The van der Waals surface area contributed by atoms with Gasteiger partial charge in [-0.1, -0.05) is 18.2 Å². The molecule has 1 fully saturated rings. The van der Waals surface area contributed by atoms with Crippen molar-refractivity contribution in [2.75, 3.05) is 18.5 Å². The summed E-state index contributed by atoms with van der Waals surface area (Å²) in [6.07, 6.45) is 0.283. The predicted octanol–water partition coefficient (Wildman–Crippen LogP) is 2.92. The van der Waals surface area contributed by atoms with Crippen molar-refractivity contribution in [2.24, 2.45) is 0 Å². The molecular weight excluding hydrogens is 365 g/mol. The molecule has 2 aromatic rings. The first-order valence-electron chi connectivity index (χ1n) is 7.90. The maximum Gasteiger partial charge on any atom is 0.245 e. The normalized spacial score (nSPS) is 20.0. The van der Waals surface area contributed by atoms with Gasteiger partial charge in [-0.25, -0.2) is 9.37 Å².